The van der Waals surface area contributed by atoms with E-state index < -0.39 is 0 Å². The van der Waals surface area contributed by atoms with Crippen LogP contribution in [-0.2, 0) is 11.3 Å². The van der Waals surface area contributed by atoms with Gasteiger partial charge in [0, 0.05) is 17.6 Å². The summed E-state index contributed by atoms with van der Waals surface area (Å²) >= 11 is 0. The molecule has 0 saturated carbocycles. The third kappa shape index (κ3) is 3.38. The molecule has 1 fully saturated rings. The number of likely N-dealkylation sites (tertiary alicyclic amines) is 1. The minimum Gasteiger partial charge on any atom is -0.336 e. The van der Waals surface area contributed by atoms with Crippen LogP contribution >= 0.6 is 0 Å². The molecule has 3 rings (SSSR count). The van der Waals surface area contributed by atoms with Crippen LogP contribution in [0.3, 0.4) is 0 Å². The molecule has 122 valence electrons. The summed E-state index contributed by atoms with van der Waals surface area (Å²) in [7, 11) is 0. The molecule has 0 radical (unpaired) electrons. The normalized spacial score (nSPS) is 21.4. The number of carbonyl (C=O) groups excluding carboxylic acids is 1. The SMILES string of the molecule is CC1CCCC(C)N1C(=O)Cn1nnc(-c2ccc(F)cc2)n1. The van der Waals surface area contributed by atoms with Gasteiger partial charge in [-0.05, 0) is 62.6 Å². The number of rotatable bonds is 3. The summed E-state index contributed by atoms with van der Waals surface area (Å²) < 4.78 is 12.9. The lowest BCUT2D eigenvalue weighted by atomic mass is 9.97. The average Bonchev–Trinajstić information content (AvgIpc) is 2.96. The Kier molecular flexibility index (Phi) is 4.36. The topological polar surface area (TPSA) is 63.9 Å². The minimum atomic E-state index is -0.315. The Balaban J connectivity index is 1.71. The molecule has 0 aliphatic carbocycles. The van der Waals surface area contributed by atoms with Crippen molar-refractivity contribution in [3.8, 4) is 11.4 Å². The van der Waals surface area contributed by atoms with Crippen molar-refractivity contribution in [1.82, 2.24) is 25.1 Å². The van der Waals surface area contributed by atoms with E-state index in [1.54, 1.807) is 12.1 Å². The third-order valence-corrected chi connectivity index (χ3v) is 4.31. The summed E-state index contributed by atoms with van der Waals surface area (Å²) in [5, 5.41) is 12.1. The summed E-state index contributed by atoms with van der Waals surface area (Å²) in [5.74, 6) is 0.0784. The highest BCUT2D eigenvalue weighted by Gasteiger charge is 2.29. The second kappa shape index (κ2) is 6.44. The van der Waals surface area contributed by atoms with Gasteiger partial charge in [-0.3, -0.25) is 4.79 Å². The van der Waals surface area contributed by atoms with Gasteiger partial charge in [-0.15, -0.1) is 10.2 Å². The molecule has 6 nitrogen and oxygen atoms in total. The van der Waals surface area contributed by atoms with Crippen LogP contribution in [0.5, 0.6) is 0 Å². The molecule has 7 heteroatoms. The largest absolute Gasteiger partial charge is 0.336 e. The van der Waals surface area contributed by atoms with Crippen LogP contribution in [0.2, 0.25) is 0 Å². The summed E-state index contributed by atoms with van der Waals surface area (Å²) in [5.41, 5.74) is 0.671. The lowest BCUT2D eigenvalue weighted by Gasteiger charge is -2.38. The van der Waals surface area contributed by atoms with Crippen molar-refractivity contribution in [3.05, 3.63) is 30.1 Å². The molecule has 2 heterocycles. The summed E-state index contributed by atoms with van der Waals surface area (Å²) in [6.07, 6.45) is 3.21. The molecule has 0 spiro atoms. The highest BCUT2D eigenvalue weighted by Crippen LogP contribution is 2.22. The molecular formula is C16H20FN5O. The molecule has 1 aliphatic heterocycles. The van der Waals surface area contributed by atoms with E-state index in [9.17, 15) is 9.18 Å². The Morgan fingerprint density at radius 2 is 1.87 bits per heavy atom. The maximum Gasteiger partial charge on any atom is 0.246 e. The van der Waals surface area contributed by atoms with E-state index in [1.807, 2.05) is 4.90 Å². The second-order valence-corrected chi connectivity index (χ2v) is 6.08. The van der Waals surface area contributed by atoms with Crippen LogP contribution in [0.15, 0.2) is 24.3 Å². The first-order valence-electron chi connectivity index (χ1n) is 7.89. The van der Waals surface area contributed by atoms with E-state index in [0.717, 1.165) is 19.3 Å². The maximum atomic E-state index is 12.9. The Morgan fingerprint density at radius 3 is 2.52 bits per heavy atom. The first kappa shape index (κ1) is 15.6. The zero-order valence-electron chi connectivity index (χ0n) is 13.3. The zero-order valence-corrected chi connectivity index (χ0v) is 13.3. The predicted molar refractivity (Wildman–Crippen MR) is 82.8 cm³/mol. The summed E-state index contributed by atoms with van der Waals surface area (Å²) in [6, 6.07) is 6.36. The van der Waals surface area contributed by atoms with Gasteiger partial charge in [-0.1, -0.05) is 0 Å². The molecule has 1 aromatic heterocycles. The fraction of sp³-hybridized carbons (Fsp3) is 0.500. The molecule has 0 bridgehead atoms. The highest BCUT2D eigenvalue weighted by atomic mass is 19.1. The molecule has 1 saturated heterocycles. The molecular weight excluding hydrogens is 297 g/mol. The Bertz CT molecular complexity index is 674. The van der Waals surface area contributed by atoms with Gasteiger partial charge in [-0.2, -0.15) is 4.80 Å². The van der Waals surface area contributed by atoms with Crippen LogP contribution in [-0.4, -0.2) is 43.1 Å². The van der Waals surface area contributed by atoms with Crippen molar-refractivity contribution in [1.29, 1.82) is 0 Å². The van der Waals surface area contributed by atoms with Gasteiger partial charge in [-0.25, -0.2) is 4.39 Å². The summed E-state index contributed by atoms with van der Waals surface area (Å²) in [6.45, 7) is 4.22. The molecule has 1 aromatic carbocycles. The number of aromatic nitrogens is 4. The third-order valence-electron chi connectivity index (χ3n) is 4.31. The number of halogens is 1. The highest BCUT2D eigenvalue weighted by molar-refractivity contribution is 5.76. The second-order valence-electron chi connectivity index (χ2n) is 6.08. The molecule has 1 aliphatic rings. The molecule has 2 aromatic rings. The fourth-order valence-corrected chi connectivity index (χ4v) is 3.14. The van der Waals surface area contributed by atoms with E-state index >= 15 is 0 Å². The van der Waals surface area contributed by atoms with Gasteiger partial charge in [0.05, 0.1) is 0 Å². The Morgan fingerprint density at radius 1 is 1.22 bits per heavy atom. The number of piperidine rings is 1. The standard InChI is InChI=1S/C16H20FN5O/c1-11-4-3-5-12(2)22(11)15(23)10-21-19-16(18-20-21)13-6-8-14(17)9-7-13/h6-9,11-12H,3-5,10H2,1-2H3. The van der Waals surface area contributed by atoms with Gasteiger partial charge in [0.25, 0.3) is 0 Å². The van der Waals surface area contributed by atoms with Crippen LogP contribution in [0.4, 0.5) is 4.39 Å². The van der Waals surface area contributed by atoms with E-state index in [4.69, 9.17) is 0 Å². The van der Waals surface area contributed by atoms with Crippen molar-refractivity contribution in [2.45, 2.75) is 51.7 Å². The summed E-state index contributed by atoms with van der Waals surface area (Å²) in [4.78, 5) is 15.7. The van der Waals surface area contributed by atoms with Crippen molar-refractivity contribution in [2.24, 2.45) is 0 Å². The Labute approximate surface area is 134 Å². The Hall–Kier alpha value is -2.31. The molecule has 1 amide bonds. The number of benzene rings is 1. The molecule has 23 heavy (non-hydrogen) atoms. The number of amides is 1. The fourth-order valence-electron chi connectivity index (χ4n) is 3.14. The monoisotopic (exact) mass is 317 g/mol. The zero-order chi connectivity index (χ0) is 16.4. The van der Waals surface area contributed by atoms with Crippen molar-refractivity contribution >= 4 is 5.91 Å². The van der Waals surface area contributed by atoms with Crippen molar-refractivity contribution < 1.29 is 9.18 Å². The first-order valence-corrected chi connectivity index (χ1v) is 7.89. The van der Waals surface area contributed by atoms with Crippen LogP contribution < -0.4 is 0 Å². The van der Waals surface area contributed by atoms with Gasteiger partial charge in [0.1, 0.15) is 12.4 Å². The first-order chi connectivity index (χ1) is 11.0. The van der Waals surface area contributed by atoms with E-state index in [0.29, 0.717) is 11.4 Å². The van der Waals surface area contributed by atoms with Gasteiger partial charge in [0.2, 0.25) is 11.7 Å². The lowest BCUT2D eigenvalue weighted by molar-refractivity contribution is -0.138. The molecule has 0 N–H and O–H groups in total. The van der Waals surface area contributed by atoms with E-state index in [1.165, 1.54) is 16.9 Å². The predicted octanol–water partition coefficient (Wildman–Crippen LogP) is 2.27. The smallest absolute Gasteiger partial charge is 0.246 e. The molecule has 2 unspecified atom stereocenters. The number of carbonyl (C=O) groups is 1. The number of nitrogens with zero attached hydrogens (tertiary/aromatic N) is 5. The maximum absolute atomic E-state index is 12.9. The molecule has 2 atom stereocenters. The average molecular weight is 317 g/mol. The number of tetrazole rings is 1. The van der Waals surface area contributed by atoms with Crippen LogP contribution in [0.25, 0.3) is 11.4 Å². The van der Waals surface area contributed by atoms with Crippen LogP contribution in [0.1, 0.15) is 33.1 Å². The van der Waals surface area contributed by atoms with E-state index in [-0.39, 0.29) is 30.4 Å². The minimum absolute atomic E-state index is 0.00718. The van der Waals surface area contributed by atoms with E-state index in [2.05, 4.69) is 29.3 Å². The van der Waals surface area contributed by atoms with Gasteiger partial charge >= 0.3 is 0 Å². The lowest BCUT2D eigenvalue weighted by Crippen LogP contribution is -2.48. The van der Waals surface area contributed by atoms with Crippen molar-refractivity contribution in [3.63, 3.8) is 0 Å². The van der Waals surface area contributed by atoms with Crippen molar-refractivity contribution in [2.75, 3.05) is 0 Å². The van der Waals surface area contributed by atoms with Gasteiger partial charge in [0.15, 0.2) is 0 Å². The number of hydrogen-bond donors (Lipinski definition) is 0. The van der Waals surface area contributed by atoms with Gasteiger partial charge < -0.3 is 4.90 Å². The quantitative estimate of drug-likeness (QED) is 0.871. The van der Waals surface area contributed by atoms with Crippen LogP contribution in [0, 0.1) is 5.82 Å². The number of hydrogen-bond acceptors (Lipinski definition) is 4.